The van der Waals surface area contributed by atoms with Crippen molar-refractivity contribution in [1.82, 2.24) is 15.1 Å². The minimum absolute atomic E-state index is 0.172. The second kappa shape index (κ2) is 8.55. The molecule has 9 heteroatoms. The van der Waals surface area contributed by atoms with Crippen LogP contribution in [-0.2, 0) is 22.7 Å². The maximum atomic E-state index is 14.5. The van der Waals surface area contributed by atoms with Gasteiger partial charge in [-0.3, -0.25) is 24.6 Å². The Labute approximate surface area is 189 Å². The number of hydrogen-bond acceptors (Lipinski definition) is 5. The van der Waals surface area contributed by atoms with Crippen molar-refractivity contribution in [3.8, 4) is 0 Å². The van der Waals surface area contributed by atoms with Crippen LogP contribution in [0.15, 0.2) is 36.4 Å². The summed E-state index contributed by atoms with van der Waals surface area (Å²) in [5.74, 6) is -1.97. The number of anilines is 1. The van der Waals surface area contributed by atoms with E-state index in [9.17, 15) is 23.2 Å². The van der Waals surface area contributed by atoms with E-state index in [0.29, 0.717) is 44.0 Å². The van der Waals surface area contributed by atoms with Crippen LogP contribution in [0.4, 0.5) is 14.5 Å². The molecular formula is C24H24F2N4O3. The topological polar surface area (TPSA) is 73.0 Å². The molecule has 1 N–H and O–H groups in total. The van der Waals surface area contributed by atoms with Crippen molar-refractivity contribution >= 4 is 23.4 Å². The number of piperazine rings is 1. The number of halogens is 2. The number of fused-ring (bicyclic) bond motifs is 1. The van der Waals surface area contributed by atoms with E-state index >= 15 is 0 Å². The average Bonchev–Trinajstić information content (AvgIpc) is 3.10. The van der Waals surface area contributed by atoms with E-state index in [1.54, 1.807) is 6.07 Å². The van der Waals surface area contributed by atoms with Crippen molar-refractivity contribution in [1.29, 1.82) is 0 Å². The predicted octanol–water partition coefficient (Wildman–Crippen LogP) is 2.05. The summed E-state index contributed by atoms with van der Waals surface area (Å²) in [6.07, 6.45) is 0.436. The second-order valence-electron chi connectivity index (χ2n) is 8.74. The zero-order chi connectivity index (χ0) is 23.1. The van der Waals surface area contributed by atoms with Gasteiger partial charge in [0.25, 0.3) is 5.91 Å². The standard InChI is InChI=1S/C24H24F2N4O3/c25-16-3-1-2-15(10-16)13-28-6-8-29(9-7-28)21-12-17(26)11-18-19(21)14-30(24(18)33)20-4-5-22(31)27-23(20)32/h1-3,10-12,20H,4-9,13-14H2,(H,27,31,32). The molecule has 1 unspecified atom stereocenters. The summed E-state index contributed by atoms with van der Waals surface area (Å²) in [6, 6.07) is 8.48. The van der Waals surface area contributed by atoms with Gasteiger partial charge < -0.3 is 9.80 Å². The largest absolute Gasteiger partial charge is 0.369 e. The van der Waals surface area contributed by atoms with Crippen LogP contribution in [0.5, 0.6) is 0 Å². The van der Waals surface area contributed by atoms with Crippen molar-refractivity contribution in [3.05, 3.63) is 64.7 Å². The third kappa shape index (κ3) is 4.20. The van der Waals surface area contributed by atoms with Gasteiger partial charge in [-0.25, -0.2) is 8.78 Å². The van der Waals surface area contributed by atoms with Gasteiger partial charge in [-0.2, -0.15) is 0 Å². The normalized spacial score (nSPS) is 21.4. The first-order chi connectivity index (χ1) is 15.9. The van der Waals surface area contributed by atoms with Crippen molar-refractivity contribution in [2.45, 2.75) is 32.0 Å². The molecule has 2 aromatic carbocycles. The number of hydrogen-bond donors (Lipinski definition) is 1. The summed E-state index contributed by atoms with van der Waals surface area (Å²) in [5.41, 5.74) is 2.56. The average molecular weight is 454 g/mol. The molecule has 3 aliphatic rings. The Bertz CT molecular complexity index is 1130. The van der Waals surface area contributed by atoms with E-state index in [2.05, 4.69) is 15.1 Å². The van der Waals surface area contributed by atoms with Crippen LogP contribution >= 0.6 is 0 Å². The molecule has 2 saturated heterocycles. The molecule has 2 fully saturated rings. The maximum absolute atomic E-state index is 14.5. The third-order valence-electron chi connectivity index (χ3n) is 6.61. The maximum Gasteiger partial charge on any atom is 0.255 e. The summed E-state index contributed by atoms with van der Waals surface area (Å²) >= 11 is 0. The minimum Gasteiger partial charge on any atom is -0.369 e. The van der Waals surface area contributed by atoms with E-state index in [4.69, 9.17) is 0 Å². The first-order valence-corrected chi connectivity index (χ1v) is 11.1. The first-order valence-electron chi connectivity index (χ1n) is 11.1. The Kier molecular flexibility index (Phi) is 5.57. The number of piperidine rings is 1. The summed E-state index contributed by atoms with van der Waals surface area (Å²) in [7, 11) is 0. The zero-order valence-electron chi connectivity index (χ0n) is 18.0. The van der Waals surface area contributed by atoms with E-state index < -0.39 is 17.8 Å². The Balaban J connectivity index is 1.31. The highest BCUT2D eigenvalue weighted by molar-refractivity contribution is 6.06. The van der Waals surface area contributed by atoms with Gasteiger partial charge in [-0.05, 0) is 36.2 Å². The van der Waals surface area contributed by atoms with E-state index in [1.807, 2.05) is 6.07 Å². The molecule has 1 atom stereocenters. The lowest BCUT2D eigenvalue weighted by Crippen LogP contribution is -2.52. The van der Waals surface area contributed by atoms with Gasteiger partial charge in [0.15, 0.2) is 0 Å². The Morgan fingerprint density at radius 3 is 2.48 bits per heavy atom. The highest BCUT2D eigenvalue weighted by atomic mass is 19.1. The SMILES string of the molecule is O=C1CCC(N2Cc3c(cc(F)cc3N3CCN(Cc4cccc(F)c4)CC3)C2=O)C(=O)N1. The number of nitrogens with zero attached hydrogens (tertiary/aromatic N) is 3. The fourth-order valence-corrected chi connectivity index (χ4v) is 4.93. The van der Waals surface area contributed by atoms with Crippen LogP contribution in [0, 0.1) is 11.6 Å². The summed E-state index contributed by atoms with van der Waals surface area (Å²) in [4.78, 5) is 42.5. The number of carbonyl (C=O) groups is 3. The molecular weight excluding hydrogens is 430 g/mol. The van der Waals surface area contributed by atoms with Gasteiger partial charge in [0.2, 0.25) is 11.8 Å². The van der Waals surface area contributed by atoms with Crippen molar-refractivity contribution < 1.29 is 23.2 Å². The number of carbonyl (C=O) groups excluding carboxylic acids is 3. The molecule has 3 heterocycles. The quantitative estimate of drug-likeness (QED) is 0.716. The van der Waals surface area contributed by atoms with Gasteiger partial charge in [-0.15, -0.1) is 0 Å². The van der Waals surface area contributed by atoms with E-state index in [1.165, 1.54) is 29.2 Å². The number of amides is 3. The second-order valence-corrected chi connectivity index (χ2v) is 8.74. The molecule has 0 aromatic heterocycles. The highest BCUT2D eigenvalue weighted by Gasteiger charge is 2.41. The summed E-state index contributed by atoms with van der Waals surface area (Å²) < 4.78 is 28.0. The van der Waals surface area contributed by atoms with Crippen LogP contribution in [0.25, 0.3) is 0 Å². The number of rotatable bonds is 4. The monoisotopic (exact) mass is 454 g/mol. The lowest BCUT2D eigenvalue weighted by molar-refractivity contribution is -0.136. The van der Waals surface area contributed by atoms with Gasteiger partial charge in [0.05, 0.1) is 0 Å². The number of imide groups is 1. The fourth-order valence-electron chi connectivity index (χ4n) is 4.93. The van der Waals surface area contributed by atoms with Crippen LogP contribution in [0.1, 0.15) is 34.3 Å². The number of benzene rings is 2. The van der Waals surface area contributed by atoms with Gasteiger partial charge in [0, 0.05) is 62.5 Å². The predicted molar refractivity (Wildman–Crippen MR) is 116 cm³/mol. The van der Waals surface area contributed by atoms with Crippen LogP contribution in [0.2, 0.25) is 0 Å². The molecule has 0 spiro atoms. The highest BCUT2D eigenvalue weighted by Crippen LogP contribution is 2.35. The third-order valence-corrected chi connectivity index (χ3v) is 6.61. The molecule has 172 valence electrons. The smallest absolute Gasteiger partial charge is 0.255 e. The van der Waals surface area contributed by atoms with Crippen LogP contribution < -0.4 is 10.2 Å². The van der Waals surface area contributed by atoms with Crippen molar-refractivity contribution in [3.63, 3.8) is 0 Å². The molecule has 33 heavy (non-hydrogen) atoms. The fraction of sp³-hybridized carbons (Fsp3) is 0.375. The molecule has 2 aromatic rings. The molecule has 3 aliphatic heterocycles. The Hall–Kier alpha value is -3.33. The number of nitrogens with one attached hydrogen (secondary N) is 1. The lowest BCUT2D eigenvalue weighted by Gasteiger charge is -2.37. The van der Waals surface area contributed by atoms with Crippen molar-refractivity contribution in [2.24, 2.45) is 0 Å². The van der Waals surface area contributed by atoms with Crippen LogP contribution in [0.3, 0.4) is 0 Å². The lowest BCUT2D eigenvalue weighted by atomic mass is 10.0. The molecule has 3 amide bonds. The van der Waals surface area contributed by atoms with Crippen LogP contribution in [-0.4, -0.2) is 59.7 Å². The Morgan fingerprint density at radius 1 is 0.970 bits per heavy atom. The van der Waals surface area contributed by atoms with Crippen molar-refractivity contribution in [2.75, 3.05) is 31.1 Å². The molecule has 0 aliphatic carbocycles. The van der Waals surface area contributed by atoms with Gasteiger partial charge in [0.1, 0.15) is 17.7 Å². The van der Waals surface area contributed by atoms with Gasteiger partial charge >= 0.3 is 0 Å². The summed E-state index contributed by atoms with van der Waals surface area (Å²) in [5, 5.41) is 2.29. The molecule has 7 nitrogen and oxygen atoms in total. The molecule has 0 saturated carbocycles. The van der Waals surface area contributed by atoms with E-state index in [-0.39, 0.29) is 42.6 Å². The molecule has 0 bridgehead atoms. The zero-order valence-corrected chi connectivity index (χ0v) is 18.0. The van der Waals surface area contributed by atoms with Gasteiger partial charge in [-0.1, -0.05) is 12.1 Å². The Morgan fingerprint density at radius 2 is 1.76 bits per heavy atom. The molecule has 5 rings (SSSR count). The molecule has 0 radical (unpaired) electrons. The van der Waals surface area contributed by atoms with E-state index in [0.717, 1.165) is 5.56 Å². The first kappa shape index (κ1) is 21.5. The summed E-state index contributed by atoms with van der Waals surface area (Å²) in [6.45, 7) is 3.54. The minimum atomic E-state index is -0.735.